The van der Waals surface area contributed by atoms with Crippen molar-refractivity contribution in [2.45, 2.75) is 19.4 Å². The van der Waals surface area contributed by atoms with Crippen LogP contribution in [0.3, 0.4) is 0 Å². The van der Waals surface area contributed by atoms with E-state index in [-0.39, 0.29) is 29.0 Å². The molecule has 100 valence electrons. The number of rotatable bonds is 5. The Hall–Kier alpha value is -1.36. The molecule has 0 saturated carbocycles. The van der Waals surface area contributed by atoms with Crippen LogP contribution in [0.1, 0.15) is 23.7 Å². The molecule has 1 aromatic carbocycles. The van der Waals surface area contributed by atoms with E-state index in [2.05, 4.69) is 0 Å². The molecule has 0 heterocycles. The molecule has 0 saturated heterocycles. The van der Waals surface area contributed by atoms with Crippen molar-refractivity contribution in [1.29, 1.82) is 0 Å². The second-order valence-corrected chi connectivity index (χ2v) is 5.20. The number of carbonyl (C=O) groups is 1. The first kappa shape index (κ1) is 14.7. The Morgan fingerprint density at radius 2 is 1.94 bits per heavy atom. The molecule has 0 fully saturated rings. The molecule has 2 N–H and O–H groups in total. The van der Waals surface area contributed by atoms with Crippen LogP contribution in [-0.4, -0.2) is 46.1 Å². The molecule has 0 aliphatic carbocycles. The van der Waals surface area contributed by atoms with Crippen LogP contribution in [0.2, 0.25) is 0 Å². The van der Waals surface area contributed by atoms with Gasteiger partial charge < -0.3 is 15.1 Å². The number of phenolic OH excluding ortho intramolecular Hbond substituents is 2. The van der Waals surface area contributed by atoms with Gasteiger partial charge in [-0.05, 0) is 37.5 Å². The first-order chi connectivity index (χ1) is 8.49. The van der Waals surface area contributed by atoms with Gasteiger partial charge in [-0.15, -0.1) is 0 Å². The van der Waals surface area contributed by atoms with Crippen molar-refractivity contribution >= 4 is 17.7 Å². The minimum absolute atomic E-state index is 0.0315. The number of amides is 1. The third-order valence-electron chi connectivity index (χ3n) is 2.96. The maximum Gasteiger partial charge on any atom is 0.261 e. The molecule has 0 aliphatic heterocycles. The van der Waals surface area contributed by atoms with Gasteiger partial charge in [0.2, 0.25) is 0 Å². The fraction of sp³-hybridized carbons (Fsp3) is 0.462. The lowest BCUT2D eigenvalue weighted by molar-refractivity contribution is 0.0735. The first-order valence-electron chi connectivity index (χ1n) is 5.76. The van der Waals surface area contributed by atoms with Crippen molar-refractivity contribution in [2.75, 3.05) is 19.1 Å². The molecule has 0 bridgehead atoms. The molecule has 1 unspecified atom stereocenters. The van der Waals surface area contributed by atoms with Gasteiger partial charge in [-0.1, -0.05) is 6.07 Å². The Morgan fingerprint density at radius 1 is 1.39 bits per heavy atom. The average molecular weight is 269 g/mol. The standard InChI is InChI=1S/C13H19NO3S/c1-9(7-8-18-3)14(2)13(17)12-10(15)5-4-6-11(12)16/h4-6,9,15-16H,7-8H2,1-3H3. The molecular weight excluding hydrogens is 250 g/mol. The Labute approximate surface area is 112 Å². The lowest BCUT2D eigenvalue weighted by Crippen LogP contribution is -2.35. The third-order valence-corrected chi connectivity index (χ3v) is 3.60. The lowest BCUT2D eigenvalue weighted by atomic mass is 10.1. The molecule has 1 amide bonds. The number of aromatic hydroxyl groups is 2. The zero-order valence-corrected chi connectivity index (χ0v) is 11.7. The van der Waals surface area contributed by atoms with Gasteiger partial charge >= 0.3 is 0 Å². The predicted octanol–water partition coefficient (Wildman–Crippen LogP) is 2.31. The number of hydrogen-bond acceptors (Lipinski definition) is 4. The van der Waals surface area contributed by atoms with E-state index in [9.17, 15) is 15.0 Å². The topological polar surface area (TPSA) is 60.8 Å². The zero-order chi connectivity index (χ0) is 13.7. The molecule has 1 rings (SSSR count). The van der Waals surface area contributed by atoms with Gasteiger partial charge in [0, 0.05) is 13.1 Å². The van der Waals surface area contributed by atoms with Crippen molar-refractivity contribution in [3.8, 4) is 11.5 Å². The van der Waals surface area contributed by atoms with E-state index in [1.54, 1.807) is 23.7 Å². The Bertz CT molecular complexity index is 402. The van der Waals surface area contributed by atoms with E-state index >= 15 is 0 Å². The summed E-state index contributed by atoms with van der Waals surface area (Å²) in [5.74, 6) is 0.220. The molecule has 0 aliphatic rings. The Kier molecular flexibility index (Phi) is 5.34. The average Bonchev–Trinajstić information content (AvgIpc) is 2.34. The van der Waals surface area contributed by atoms with Gasteiger partial charge in [0.25, 0.3) is 5.91 Å². The zero-order valence-electron chi connectivity index (χ0n) is 10.9. The molecule has 0 radical (unpaired) electrons. The maximum atomic E-state index is 12.2. The normalized spacial score (nSPS) is 12.2. The number of nitrogens with zero attached hydrogens (tertiary/aromatic N) is 1. The molecule has 0 spiro atoms. The highest BCUT2D eigenvalue weighted by molar-refractivity contribution is 7.98. The van der Waals surface area contributed by atoms with E-state index < -0.39 is 0 Å². The lowest BCUT2D eigenvalue weighted by Gasteiger charge is -2.25. The van der Waals surface area contributed by atoms with Crippen LogP contribution in [0.25, 0.3) is 0 Å². The fourth-order valence-electron chi connectivity index (χ4n) is 1.61. The van der Waals surface area contributed by atoms with Crippen LogP contribution >= 0.6 is 11.8 Å². The van der Waals surface area contributed by atoms with Crippen molar-refractivity contribution in [3.63, 3.8) is 0 Å². The van der Waals surface area contributed by atoms with Crippen LogP contribution in [0.5, 0.6) is 11.5 Å². The largest absolute Gasteiger partial charge is 0.507 e. The Balaban J connectivity index is 2.86. The van der Waals surface area contributed by atoms with Gasteiger partial charge in [-0.2, -0.15) is 11.8 Å². The van der Waals surface area contributed by atoms with Crippen molar-refractivity contribution < 1.29 is 15.0 Å². The second-order valence-electron chi connectivity index (χ2n) is 4.22. The smallest absolute Gasteiger partial charge is 0.261 e. The molecule has 18 heavy (non-hydrogen) atoms. The SMILES string of the molecule is CSCCC(C)N(C)C(=O)c1c(O)cccc1O. The monoisotopic (exact) mass is 269 g/mol. The summed E-state index contributed by atoms with van der Waals surface area (Å²) in [4.78, 5) is 13.7. The minimum Gasteiger partial charge on any atom is -0.507 e. The van der Waals surface area contributed by atoms with E-state index in [0.29, 0.717) is 0 Å². The second kappa shape index (κ2) is 6.54. The molecule has 1 atom stereocenters. The molecule has 4 nitrogen and oxygen atoms in total. The van der Waals surface area contributed by atoms with Crippen molar-refractivity contribution in [2.24, 2.45) is 0 Å². The Morgan fingerprint density at radius 3 is 2.44 bits per heavy atom. The fourth-order valence-corrected chi connectivity index (χ4v) is 2.18. The highest BCUT2D eigenvalue weighted by Gasteiger charge is 2.22. The third kappa shape index (κ3) is 3.32. The summed E-state index contributed by atoms with van der Waals surface area (Å²) in [6, 6.07) is 4.35. The van der Waals surface area contributed by atoms with Gasteiger partial charge in [0.15, 0.2) is 0 Å². The van der Waals surface area contributed by atoms with Gasteiger partial charge in [-0.3, -0.25) is 4.79 Å². The van der Waals surface area contributed by atoms with E-state index in [1.807, 2.05) is 13.2 Å². The number of phenols is 2. The number of benzene rings is 1. The van der Waals surface area contributed by atoms with Crippen LogP contribution in [-0.2, 0) is 0 Å². The highest BCUT2D eigenvalue weighted by Crippen LogP contribution is 2.28. The summed E-state index contributed by atoms with van der Waals surface area (Å²) >= 11 is 1.72. The van der Waals surface area contributed by atoms with Crippen LogP contribution in [0.15, 0.2) is 18.2 Å². The molecule has 0 aromatic heterocycles. The quantitative estimate of drug-likeness (QED) is 0.861. The van der Waals surface area contributed by atoms with Gasteiger partial charge in [0.1, 0.15) is 17.1 Å². The van der Waals surface area contributed by atoms with Crippen molar-refractivity contribution in [3.05, 3.63) is 23.8 Å². The van der Waals surface area contributed by atoms with Crippen LogP contribution in [0, 0.1) is 0 Å². The summed E-state index contributed by atoms with van der Waals surface area (Å²) in [5, 5.41) is 19.3. The summed E-state index contributed by atoms with van der Waals surface area (Å²) in [6.45, 7) is 1.95. The van der Waals surface area contributed by atoms with Gasteiger partial charge in [0.05, 0.1) is 0 Å². The molecule has 1 aromatic rings. The maximum absolute atomic E-state index is 12.2. The molecule has 5 heteroatoms. The number of hydrogen-bond donors (Lipinski definition) is 2. The number of thioether (sulfide) groups is 1. The summed E-state index contributed by atoms with van der Waals surface area (Å²) in [5.41, 5.74) is -0.0315. The van der Waals surface area contributed by atoms with Crippen molar-refractivity contribution in [1.82, 2.24) is 4.90 Å². The van der Waals surface area contributed by atoms with Crippen LogP contribution < -0.4 is 0 Å². The minimum atomic E-state index is -0.362. The van der Waals surface area contributed by atoms with E-state index in [1.165, 1.54) is 18.2 Å². The van der Waals surface area contributed by atoms with E-state index in [0.717, 1.165) is 12.2 Å². The number of carbonyl (C=O) groups excluding carboxylic acids is 1. The highest BCUT2D eigenvalue weighted by atomic mass is 32.2. The first-order valence-corrected chi connectivity index (χ1v) is 7.15. The van der Waals surface area contributed by atoms with Gasteiger partial charge in [-0.25, -0.2) is 0 Å². The summed E-state index contributed by atoms with van der Waals surface area (Å²) < 4.78 is 0. The van der Waals surface area contributed by atoms with E-state index in [4.69, 9.17) is 0 Å². The van der Waals surface area contributed by atoms with Crippen LogP contribution in [0.4, 0.5) is 0 Å². The molecular formula is C13H19NO3S. The predicted molar refractivity (Wildman–Crippen MR) is 74.3 cm³/mol. The summed E-state index contributed by atoms with van der Waals surface area (Å²) in [7, 11) is 1.68. The summed E-state index contributed by atoms with van der Waals surface area (Å²) in [6.07, 6.45) is 2.89.